The first-order valence-electron chi connectivity index (χ1n) is 3.19. The van der Waals surface area contributed by atoms with E-state index in [-0.39, 0.29) is 6.54 Å². The zero-order valence-electron chi connectivity index (χ0n) is 6.37. The van der Waals surface area contributed by atoms with Crippen LogP contribution in [0.2, 0.25) is 0 Å². The van der Waals surface area contributed by atoms with E-state index in [4.69, 9.17) is 5.11 Å². The van der Waals surface area contributed by atoms with Crippen molar-refractivity contribution in [2.24, 2.45) is 0 Å². The molecule has 0 radical (unpaired) electrons. The Morgan fingerprint density at radius 3 is 2.15 bits per heavy atom. The molecule has 1 amide bonds. The lowest BCUT2D eigenvalue weighted by molar-refractivity contribution is -0.742. The summed E-state index contributed by atoms with van der Waals surface area (Å²) in [5, 5.41) is 29.9. The van der Waals surface area contributed by atoms with Crippen LogP contribution in [0, 0.1) is 20.2 Å². The number of nitrogens with one attached hydrogen (secondary N) is 1. The van der Waals surface area contributed by atoms with E-state index < -0.39 is 28.5 Å². The molecule has 0 saturated carbocycles. The van der Waals surface area contributed by atoms with Gasteiger partial charge in [0.25, 0.3) is 0 Å². The van der Waals surface area contributed by atoms with E-state index >= 15 is 0 Å². The second-order valence-corrected chi connectivity index (χ2v) is 2.07. The van der Waals surface area contributed by atoms with Crippen LogP contribution in [0.5, 0.6) is 0 Å². The van der Waals surface area contributed by atoms with Crippen LogP contribution in [-0.2, 0) is 0 Å². The summed E-state index contributed by atoms with van der Waals surface area (Å²) in [6.07, 6.45) is -3.79. The van der Waals surface area contributed by atoms with Gasteiger partial charge in [-0.1, -0.05) is 0 Å². The molecule has 0 aliphatic heterocycles. The highest BCUT2D eigenvalue weighted by molar-refractivity contribution is 5.64. The molecule has 0 aromatic heterocycles. The van der Waals surface area contributed by atoms with Crippen LogP contribution < -0.4 is 5.32 Å². The molecule has 0 aromatic carbocycles. The zero-order chi connectivity index (χ0) is 10.4. The lowest BCUT2D eigenvalue weighted by Gasteiger charge is -2.01. The second-order valence-electron chi connectivity index (χ2n) is 2.07. The molecular weight excluding hydrogens is 186 g/mol. The Kier molecular flexibility index (Phi) is 4.13. The Morgan fingerprint density at radius 2 is 1.85 bits per heavy atom. The first-order chi connectivity index (χ1) is 5.95. The minimum absolute atomic E-state index is 0.318. The lowest BCUT2D eigenvalue weighted by atomic mass is 10.3. The number of nitro groups is 2. The van der Waals surface area contributed by atoms with Gasteiger partial charge in [0.05, 0.1) is 9.85 Å². The summed E-state index contributed by atoms with van der Waals surface area (Å²) in [5.74, 6) is 0. The highest BCUT2D eigenvalue weighted by atomic mass is 16.7. The van der Waals surface area contributed by atoms with Gasteiger partial charge in [-0.2, -0.15) is 0 Å². The van der Waals surface area contributed by atoms with Crippen LogP contribution in [0.4, 0.5) is 4.79 Å². The molecule has 0 aromatic rings. The summed E-state index contributed by atoms with van der Waals surface area (Å²) >= 11 is 0. The van der Waals surface area contributed by atoms with Crippen molar-refractivity contribution < 1.29 is 19.7 Å². The third kappa shape index (κ3) is 4.50. The maximum absolute atomic E-state index is 10.0. The number of amides is 1. The number of carboxylic acid groups (broad SMARTS) is 1. The Morgan fingerprint density at radius 1 is 1.38 bits per heavy atom. The Labute approximate surface area is 71.6 Å². The minimum atomic E-state index is -1.95. The summed E-state index contributed by atoms with van der Waals surface area (Å²) in [4.78, 5) is 27.7. The average Bonchev–Trinajstić information content (AvgIpc) is 1.95. The second kappa shape index (κ2) is 4.85. The molecule has 0 heterocycles. The first kappa shape index (κ1) is 11.1. The van der Waals surface area contributed by atoms with Crippen LogP contribution in [0.15, 0.2) is 0 Å². The summed E-state index contributed by atoms with van der Waals surface area (Å²) in [6.45, 7) is -0.318. The van der Waals surface area contributed by atoms with Crippen LogP contribution in [-0.4, -0.2) is 33.8 Å². The third-order valence-electron chi connectivity index (χ3n) is 1.17. The SMILES string of the molecule is O=C(O)NCCC([N+](=O)[O-])[N+](=O)[O-]. The van der Waals surface area contributed by atoms with E-state index in [1.165, 1.54) is 0 Å². The van der Waals surface area contributed by atoms with E-state index in [9.17, 15) is 25.0 Å². The summed E-state index contributed by atoms with van der Waals surface area (Å²) < 4.78 is 0. The molecule has 9 nitrogen and oxygen atoms in total. The number of hydrogen-bond acceptors (Lipinski definition) is 5. The predicted molar refractivity (Wildman–Crippen MR) is 38.4 cm³/mol. The number of rotatable bonds is 5. The molecular formula is C4H7N3O6. The van der Waals surface area contributed by atoms with Crippen molar-refractivity contribution in [2.75, 3.05) is 6.54 Å². The fourth-order valence-electron chi connectivity index (χ4n) is 0.596. The van der Waals surface area contributed by atoms with Crippen LogP contribution in [0.25, 0.3) is 0 Å². The van der Waals surface area contributed by atoms with Gasteiger partial charge in [-0.25, -0.2) is 4.79 Å². The third-order valence-corrected chi connectivity index (χ3v) is 1.17. The van der Waals surface area contributed by atoms with Crippen molar-refractivity contribution in [3.63, 3.8) is 0 Å². The molecule has 0 saturated heterocycles. The van der Waals surface area contributed by atoms with E-state index in [0.717, 1.165) is 0 Å². The fourth-order valence-corrected chi connectivity index (χ4v) is 0.596. The van der Waals surface area contributed by atoms with Crippen molar-refractivity contribution in [2.45, 2.75) is 12.6 Å². The predicted octanol–water partition coefficient (Wildman–Crippen LogP) is -0.476. The molecule has 0 rings (SSSR count). The summed E-state index contributed by atoms with van der Waals surface area (Å²) in [6, 6.07) is 0. The van der Waals surface area contributed by atoms with Gasteiger partial charge >= 0.3 is 12.3 Å². The first-order valence-corrected chi connectivity index (χ1v) is 3.19. The molecule has 2 N–H and O–H groups in total. The van der Waals surface area contributed by atoms with Gasteiger partial charge in [0.1, 0.15) is 6.42 Å². The van der Waals surface area contributed by atoms with E-state index in [1.54, 1.807) is 5.32 Å². The molecule has 0 aliphatic carbocycles. The Bertz CT molecular complexity index is 214. The monoisotopic (exact) mass is 193 g/mol. The van der Waals surface area contributed by atoms with E-state index in [0.29, 0.717) is 0 Å². The van der Waals surface area contributed by atoms with Crippen LogP contribution >= 0.6 is 0 Å². The molecule has 13 heavy (non-hydrogen) atoms. The van der Waals surface area contributed by atoms with Crippen LogP contribution in [0.1, 0.15) is 6.42 Å². The molecule has 9 heteroatoms. The lowest BCUT2D eigenvalue weighted by Crippen LogP contribution is -2.33. The van der Waals surface area contributed by atoms with Gasteiger partial charge in [0, 0.05) is 6.54 Å². The van der Waals surface area contributed by atoms with Gasteiger partial charge in [-0.3, -0.25) is 20.2 Å². The van der Waals surface area contributed by atoms with Gasteiger partial charge in [0.15, 0.2) is 0 Å². The van der Waals surface area contributed by atoms with Gasteiger partial charge in [0.2, 0.25) is 0 Å². The van der Waals surface area contributed by atoms with Gasteiger partial charge in [-0.05, 0) is 0 Å². The molecule has 0 aliphatic rings. The van der Waals surface area contributed by atoms with Crippen molar-refractivity contribution in [3.8, 4) is 0 Å². The quantitative estimate of drug-likeness (QED) is 0.344. The standard InChI is InChI=1S/C4H7N3O6/c8-4(9)5-2-1-3(6(10)11)7(12)13/h3,5H,1-2H2,(H,8,9). The van der Waals surface area contributed by atoms with E-state index in [1.807, 2.05) is 0 Å². The fraction of sp³-hybridized carbons (Fsp3) is 0.750. The van der Waals surface area contributed by atoms with Gasteiger partial charge in [-0.15, -0.1) is 0 Å². The molecule has 0 bridgehead atoms. The number of carbonyl (C=O) groups is 1. The van der Waals surface area contributed by atoms with Crippen molar-refractivity contribution in [1.82, 2.24) is 5.32 Å². The maximum Gasteiger partial charge on any atom is 0.452 e. The van der Waals surface area contributed by atoms with Crippen LogP contribution in [0.3, 0.4) is 0 Å². The van der Waals surface area contributed by atoms with E-state index in [2.05, 4.69) is 0 Å². The summed E-state index contributed by atoms with van der Waals surface area (Å²) in [5.41, 5.74) is 0. The topological polar surface area (TPSA) is 136 Å². The molecule has 0 atom stereocenters. The maximum atomic E-state index is 10.0. The minimum Gasteiger partial charge on any atom is -0.465 e. The van der Waals surface area contributed by atoms with Crippen molar-refractivity contribution in [1.29, 1.82) is 0 Å². The molecule has 0 spiro atoms. The zero-order valence-corrected chi connectivity index (χ0v) is 6.37. The van der Waals surface area contributed by atoms with Crippen molar-refractivity contribution in [3.05, 3.63) is 20.2 Å². The van der Waals surface area contributed by atoms with Crippen molar-refractivity contribution >= 4 is 6.09 Å². The molecule has 0 fully saturated rings. The Balaban J connectivity index is 3.91. The normalized spacial score (nSPS) is 9.62. The largest absolute Gasteiger partial charge is 0.465 e. The molecule has 74 valence electrons. The average molecular weight is 193 g/mol. The summed E-state index contributed by atoms with van der Waals surface area (Å²) in [7, 11) is 0. The Hall–Kier alpha value is -1.93. The highest BCUT2D eigenvalue weighted by Gasteiger charge is 2.31. The number of nitrogens with zero attached hydrogens (tertiary/aromatic N) is 2. The van der Waals surface area contributed by atoms with Gasteiger partial charge < -0.3 is 10.4 Å². The highest BCUT2D eigenvalue weighted by Crippen LogP contribution is 1.96. The number of hydrogen-bond donors (Lipinski definition) is 2. The molecule has 0 unspecified atom stereocenters. The smallest absolute Gasteiger partial charge is 0.452 e.